The van der Waals surface area contributed by atoms with Crippen LogP contribution in [-0.2, 0) is 36.8 Å². The number of aromatic amines is 1. The SMILES string of the molecule is NC(CO)C(=O)NC(Cc1c[nH]c2ccccc12)C(=O)NC(Cc1ccc(O)cc1)C(=O)NC(CC(=O)O)C(=O)O. The van der Waals surface area contributed by atoms with Crippen LogP contribution in [0.25, 0.3) is 10.9 Å². The maximum absolute atomic E-state index is 13.5. The normalized spacial score (nSPS) is 13.9. The van der Waals surface area contributed by atoms with Crippen molar-refractivity contribution < 1.29 is 44.4 Å². The molecule has 14 heteroatoms. The van der Waals surface area contributed by atoms with Crippen molar-refractivity contribution in [3.05, 3.63) is 65.9 Å². The molecule has 41 heavy (non-hydrogen) atoms. The maximum atomic E-state index is 13.5. The van der Waals surface area contributed by atoms with Crippen molar-refractivity contribution in [2.24, 2.45) is 5.73 Å². The molecule has 0 aliphatic rings. The van der Waals surface area contributed by atoms with E-state index in [2.05, 4.69) is 20.9 Å². The fraction of sp³-hybridized carbons (Fsp3) is 0.296. The summed E-state index contributed by atoms with van der Waals surface area (Å²) in [5.74, 6) is -5.72. The van der Waals surface area contributed by atoms with Gasteiger partial charge in [-0.3, -0.25) is 19.2 Å². The van der Waals surface area contributed by atoms with Gasteiger partial charge >= 0.3 is 11.9 Å². The molecule has 0 fully saturated rings. The maximum Gasteiger partial charge on any atom is 0.326 e. The van der Waals surface area contributed by atoms with Crippen LogP contribution in [0, 0.1) is 0 Å². The van der Waals surface area contributed by atoms with E-state index >= 15 is 0 Å². The fourth-order valence-corrected chi connectivity index (χ4v) is 4.09. The number of aliphatic hydroxyl groups is 1. The van der Waals surface area contributed by atoms with Gasteiger partial charge in [-0.05, 0) is 29.3 Å². The number of H-pyrrole nitrogens is 1. The molecule has 3 rings (SSSR count). The first-order chi connectivity index (χ1) is 19.5. The summed E-state index contributed by atoms with van der Waals surface area (Å²) in [5, 5.41) is 45.2. The van der Waals surface area contributed by atoms with E-state index in [9.17, 15) is 39.3 Å². The second kappa shape index (κ2) is 13.9. The van der Waals surface area contributed by atoms with Gasteiger partial charge < -0.3 is 47.1 Å². The van der Waals surface area contributed by atoms with Gasteiger partial charge in [-0.25, -0.2) is 4.79 Å². The van der Waals surface area contributed by atoms with Crippen molar-refractivity contribution in [3.63, 3.8) is 0 Å². The number of phenols is 1. The summed E-state index contributed by atoms with van der Waals surface area (Å²) in [6, 6.07) is 7.15. The summed E-state index contributed by atoms with van der Waals surface area (Å²) in [6.45, 7) is -0.681. The minimum absolute atomic E-state index is 0.0376. The number of hydrogen-bond donors (Lipinski definition) is 9. The van der Waals surface area contributed by atoms with Crippen LogP contribution in [0.15, 0.2) is 54.7 Å². The third-order valence-corrected chi connectivity index (χ3v) is 6.27. The monoisotopic (exact) mass is 569 g/mol. The van der Waals surface area contributed by atoms with Crippen molar-refractivity contribution in [1.82, 2.24) is 20.9 Å². The summed E-state index contributed by atoms with van der Waals surface area (Å²) >= 11 is 0. The number of aromatic nitrogens is 1. The summed E-state index contributed by atoms with van der Waals surface area (Å²) in [6.07, 6.45) is 0.553. The van der Waals surface area contributed by atoms with Gasteiger partial charge in [0.2, 0.25) is 17.7 Å². The highest BCUT2D eigenvalue weighted by molar-refractivity contribution is 5.95. The Balaban J connectivity index is 1.90. The minimum Gasteiger partial charge on any atom is -0.508 e. The Hall–Kier alpha value is -4.95. The van der Waals surface area contributed by atoms with E-state index in [0.717, 1.165) is 10.9 Å². The Morgan fingerprint density at radius 2 is 1.39 bits per heavy atom. The van der Waals surface area contributed by atoms with Crippen LogP contribution >= 0.6 is 0 Å². The van der Waals surface area contributed by atoms with Crippen molar-refractivity contribution in [2.75, 3.05) is 6.61 Å². The number of para-hydroxylation sites is 1. The summed E-state index contributed by atoms with van der Waals surface area (Å²) in [5.41, 5.74) is 7.55. The zero-order valence-electron chi connectivity index (χ0n) is 21.7. The first-order valence-corrected chi connectivity index (χ1v) is 12.5. The Morgan fingerprint density at radius 3 is 2.00 bits per heavy atom. The van der Waals surface area contributed by atoms with Gasteiger partial charge in [0.25, 0.3) is 0 Å². The van der Waals surface area contributed by atoms with E-state index in [1.807, 2.05) is 18.2 Å². The van der Waals surface area contributed by atoms with E-state index in [-0.39, 0.29) is 18.6 Å². The third kappa shape index (κ3) is 8.52. The van der Waals surface area contributed by atoms with Gasteiger partial charge in [-0.15, -0.1) is 0 Å². The highest BCUT2D eigenvalue weighted by Crippen LogP contribution is 2.19. The molecule has 14 nitrogen and oxygen atoms in total. The number of aliphatic hydroxyl groups excluding tert-OH is 1. The molecule has 0 aliphatic carbocycles. The molecule has 1 heterocycles. The number of aromatic hydroxyl groups is 1. The zero-order valence-corrected chi connectivity index (χ0v) is 21.7. The van der Waals surface area contributed by atoms with Crippen LogP contribution in [0.5, 0.6) is 5.75 Å². The molecule has 0 saturated heterocycles. The van der Waals surface area contributed by atoms with Crippen LogP contribution in [0.2, 0.25) is 0 Å². The van der Waals surface area contributed by atoms with E-state index in [1.165, 1.54) is 24.3 Å². The number of carbonyl (C=O) groups is 5. The average Bonchev–Trinajstić information content (AvgIpc) is 3.34. The van der Waals surface area contributed by atoms with Crippen molar-refractivity contribution in [3.8, 4) is 5.75 Å². The van der Waals surface area contributed by atoms with Gasteiger partial charge in [-0.1, -0.05) is 30.3 Å². The molecule has 3 amide bonds. The van der Waals surface area contributed by atoms with Gasteiger partial charge in [0.1, 0.15) is 29.9 Å². The standard InChI is InChI=1S/C27H31N5O9/c28-18(13-33)24(37)30-21(10-15-12-29-19-4-2-1-3-17(15)19)26(39)31-20(9-14-5-7-16(34)8-6-14)25(38)32-22(27(40)41)11-23(35)36/h1-8,12,18,20-22,29,33-34H,9-11,13,28H2,(H,30,37)(H,31,39)(H,32,38)(H,35,36)(H,40,41). The predicted molar refractivity (Wildman–Crippen MR) is 145 cm³/mol. The molecule has 0 aliphatic heterocycles. The zero-order chi connectivity index (χ0) is 30.1. The molecule has 0 saturated carbocycles. The summed E-state index contributed by atoms with van der Waals surface area (Å²) in [4.78, 5) is 65.0. The quantitative estimate of drug-likeness (QED) is 0.114. The van der Waals surface area contributed by atoms with Crippen molar-refractivity contribution >= 4 is 40.6 Å². The highest BCUT2D eigenvalue weighted by Gasteiger charge is 2.31. The lowest BCUT2D eigenvalue weighted by atomic mass is 10.0. The Kier molecular flexibility index (Phi) is 10.4. The van der Waals surface area contributed by atoms with Gasteiger partial charge in [0, 0.05) is 29.9 Å². The van der Waals surface area contributed by atoms with E-state index < -0.39 is 66.9 Å². The topological polar surface area (TPSA) is 244 Å². The number of carboxylic acids is 2. The van der Waals surface area contributed by atoms with Gasteiger partial charge in [0.15, 0.2) is 0 Å². The molecule has 0 radical (unpaired) electrons. The highest BCUT2D eigenvalue weighted by atomic mass is 16.4. The van der Waals surface area contributed by atoms with Gasteiger partial charge in [0.05, 0.1) is 13.0 Å². The Morgan fingerprint density at radius 1 is 0.805 bits per heavy atom. The molecule has 1 aromatic heterocycles. The lowest BCUT2D eigenvalue weighted by Gasteiger charge is -2.25. The largest absolute Gasteiger partial charge is 0.508 e. The molecule has 4 atom stereocenters. The van der Waals surface area contributed by atoms with E-state index in [4.69, 9.17) is 10.8 Å². The molecule has 10 N–H and O–H groups in total. The van der Waals surface area contributed by atoms with Crippen LogP contribution in [0.3, 0.4) is 0 Å². The molecule has 4 unspecified atom stereocenters. The molecule has 0 spiro atoms. The molecule has 218 valence electrons. The lowest BCUT2D eigenvalue weighted by molar-refractivity contribution is -0.147. The average molecular weight is 570 g/mol. The van der Waals surface area contributed by atoms with Crippen LogP contribution in [0.4, 0.5) is 0 Å². The predicted octanol–water partition coefficient (Wildman–Crippen LogP) is -1.01. The molecular weight excluding hydrogens is 538 g/mol. The van der Waals surface area contributed by atoms with Crippen LogP contribution < -0.4 is 21.7 Å². The third-order valence-electron chi connectivity index (χ3n) is 6.27. The smallest absolute Gasteiger partial charge is 0.326 e. The lowest BCUT2D eigenvalue weighted by Crippen LogP contribution is -2.58. The van der Waals surface area contributed by atoms with E-state index in [0.29, 0.717) is 11.1 Å². The number of amides is 3. The molecule has 0 bridgehead atoms. The minimum atomic E-state index is -1.77. The number of aliphatic carboxylic acids is 2. The number of hydrogen-bond acceptors (Lipinski definition) is 8. The number of benzene rings is 2. The fourth-order valence-electron chi connectivity index (χ4n) is 4.09. The summed E-state index contributed by atoms with van der Waals surface area (Å²) in [7, 11) is 0. The second-order valence-corrected chi connectivity index (χ2v) is 9.34. The number of rotatable bonds is 14. The Bertz CT molecular complexity index is 1410. The van der Waals surface area contributed by atoms with Crippen molar-refractivity contribution in [1.29, 1.82) is 0 Å². The first kappa shape index (κ1) is 30.6. The number of nitrogens with one attached hydrogen (secondary N) is 4. The molecule has 3 aromatic rings. The van der Waals surface area contributed by atoms with Crippen LogP contribution in [0.1, 0.15) is 17.5 Å². The molecular formula is C27H31N5O9. The number of carbonyl (C=O) groups excluding carboxylic acids is 3. The first-order valence-electron chi connectivity index (χ1n) is 12.5. The van der Waals surface area contributed by atoms with E-state index in [1.54, 1.807) is 12.3 Å². The number of carboxylic acid groups (broad SMARTS) is 2. The Labute approximate surface area is 233 Å². The van der Waals surface area contributed by atoms with Crippen molar-refractivity contribution in [2.45, 2.75) is 43.4 Å². The van der Waals surface area contributed by atoms with Crippen LogP contribution in [-0.4, -0.2) is 85.8 Å². The second-order valence-electron chi connectivity index (χ2n) is 9.34. The molecule has 2 aromatic carbocycles. The van der Waals surface area contributed by atoms with Gasteiger partial charge in [-0.2, -0.15) is 0 Å². The summed E-state index contributed by atoms with van der Waals surface area (Å²) < 4.78 is 0. The number of nitrogens with two attached hydrogens (primary N) is 1. The number of fused-ring (bicyclic) bond motifs is 1. The number of phenolic OH excluding ortho intramolecular Hbond substituents is 1.